The van der Waals surface area contributed by atoms with Crippen molar-refractivity contribution >= 4 is 33.8 Å². The molecule has 1 N–H and O–H groups in total. The van der Waals surface area contributed by atoms with Crippen LogP contribution in [0.4, 0.5) is 0 Å². The highest BCUT2D eigenvalue weighted by atomic mass is 32.1. The van der Waals surface area contributed by atoms with Crippen molar-refractivity contribution in [2.75, 3.05) is 0 Å². The zero-order chi connectivity index (χ0) is 16.9. The number of aromatic nitrogens is 1. The average Bonchev–Trinajstić information content (AvgIpc) is 3.25. The van der Waals surface area contributed by atoms with Crippen LogP contribution in [-0.2, 0) is 11.2 Å². The molecule has 3 aromatic rings. The van der Waals surface area contributed by atoms with Gasteiger partial charge in [-0.2, -0.15) is 5.26 Å². The summed E-state index contributed by atoms with van der Waals surface area (Å²) in [5.74, 6) is -1.87. The van der Waals surface area contributed by atoms with Crippen LogP contribution in [0.5, 0.6) is 0 Å². The Morgan fingerprint density at radius 2 is 2.04 bits per heavy atom. The molecule has 1 atom stereocenters. The van der Waals surface area contributed by atoms with E-state index in [1.54, 1.807) is 17.5 Å². The van der Waals surface area contributed by atoms with Crippen molar-refractivity contribution in [3.05, 3.63) is 58.4 Å². The summed E-state index contributed by atoms with van der Waals surface area (Å²) in [6.07, 6.45) is 3.54. The van der Waals surface area contributed by atoms with Crippen LogP contribution in [0, 0.1) is 17.2 Å². The number of aromatic amines is 1. The van der Waals surface area contributed by atoms with Crippen LogP contribution >= 0.6 is 11.3 Å². The maximum absolute atomic E-state index is 12.3. The summed E-state index contributed by atoms with van der Waals surface area (Å²) in [5.41, 5.74) is 2.22. The fraction of sp³-hybridized carbons (Fsp3) is 0.211. The van der Waals surface area contributed by atoms with Crippen LogP contribution in [0.1, 0.15) is 28.1 Å². The summed E-state index contributed by atoms with van der Waals surface area (Å²) in [5, 5.41) is 12.1. The fourth-order valence-corrected chi connectivity index (χ4v) is 3.47. The minimum Gasteiger partial charge on any atom is -0.361 e. The zero-order valence-corrected chi connectivity index (χ0v) is 13.8. The Balaban J connectivity index is 1.60. The van der Waals surface area contributed by atoms with E-state index in [0.29, 0.717) is 11.3 Å². The van der Waals surface area contributed by atoms with Gasteiger partial charge in [0.2, 0.25) is 0 Å². The van der Waals surface area contributed by atoms with E-state index in [1.165, 1.54) is 11.3 Å². The quantitative estimate of drug-likeness (QED) is 0.520. The number of carbonyl (C=O) groups excluding carboxylic acids is 2. The Labute approximate surface area is 143 Å². The van der Waals surface area contributed by atoms with Gasteiger partial charge in [-0.15, -0.1) is 11.3 Å². The number of hydrogen-bond acceptors (Lipinski definition) is 4. The first-order valence-corrected chi connectivity index (χ1v) is 8.63. The molecule has 1 aromatic carbocycles. The van der Waals surface area contributed by atoms with Crippen molar-refractivity contribution in [3.8, 4) is 6.07 Å². The summed E-state index contributed by atoms with van der Waals surface area (Å²) in [6.45, 7) is 0. The van der Waals surface area contributed by atoms with E-state index in [9.17, 15) is 14.9 Å². The number of para-hydroxylation sites is 1. The number of nitrogens with zero attached hydrogens (tertiary/aromatic N) is 1. The van der Waals surface area contributed by atoms with Crippen LogP contribution < -0.4 is 0 Å². The summed E-state index contributed by atoms with van der Waals surface area (Å²) >= 11 is 1.26. The molecule has 0 bridgehead atoms. The second-order valence-corrected chi connectivity index (χ2v) is 6.53. The lowest BCUT2D eigenvalue weighted by molar-refractivity contribution is -0.120. The second kappa shape index (κ2) is 7.24. The van der Waals surface area contributed by atoms with E-state index in [1.807, 2.05) is 36.5 Å². The molecule has 5 heteroatoms. The number of benzene rings is 1. The summed E-state index contributed by atoms with van der Waals surface area (Å²) in [7, 11) is 0. The first-order chi connectivity index (χ1) is 11.7. The first kappa shape index (κ1) is 16.2. The molecule has 0 aliphatic carbocycles. The molecule has 0 radical (unpaired) electrons. The Morgan fingerprint density at radius 3 is 2.79 bits per heavy atom. The zero-order valence-electron chi connectivity index (χ0n) is 13.0. The van der Waals surface area contributed by atoms with Gasteiger partial charge in [0.25, 0.3) is 0 Å². The average molecular weight is 336 g/mol. The number of Topliss-reactive ketones (excluding diaryl/α,β-unsaturated/α-hetero) is 2. The summed E-state index contributed by atoms with van der Waals surface area (Å²) in [4.78, 5) is 28.1. The van der Waals surface area contributed by atoms with E-state index in [2.05, 4.69) is 4.98 Å². The number of H-pyrrole nitrogens is 1. The third-order valence-corrected chi connectivity index (χ3v) is 4.91. The van der Waals surface area contributed by atoms with Crippen LogP contribution in [0.15, 0.2) is 48.0 Å². The highest BCUT2D eigenvalue weighted by Gasteiger charge is 2.27. The van der Waals surface area contributed by atoms with Crippen molar-refractivity contribution in [3.63, 3.8) is 0 Å². The predicted octanol–water partition coefficient (Wildman–Crippen LogP) is 4.14. The maximum Gasteiger partial charge on any atom is 0.197 e. The van der Waals surface area contributed by atoms with E-state index in [-0.39, 0.29) is 18.0 Å². The van der Waals surface area contributed by atoms with E-state index >= 15 is 0 Å². The molecule has 0 aliphatic rings. The van der Waals surface area contributed by atoms with Gasteiger partial charge in [0.05, 0.1) is 10.9 Å². The summed E-state index contributed by atoms with van der Waals surface area (Å²) in [6, 6.07) is 13.3. The smallest absolute Gasteiger partial charge is 0.197 e. The van der Waals surface area contributed by atoms with Gasteiger partial charge in [0.15, 0.2) is 17.5 Å². The molecule has 0 aliphatic heterocycles. The molecule has 3 rings (SSSR count). The van der Waals surface area contributed by atoms with Gasteiger partial charge in [-0.3, -0.25) is 9.59 Å². The molecule has 0 spiro atoms. The number of nitriles is 1. The number of carbonyl (C=O) groups is 2. The second-order valence-electron chi connectivity index (χ2n) is 5.58. The summed E-state index contributed by atoms with van der Waals surface area (Å²) < 4.78 is 0. The van der Waals surface area contributed by atoms with Gasteiger partial charge in [-0.25, -0.2) is 0 Å². The fourth-order valence-electron chi connectivity index (χ4n) is 2.77. The maximum atomic E-state index is 12.3. The Kier molecular flexibility index (Phi) is 4.88. The lowest BCUT2D eigenvalue weighted by Gasteiger charge is -2.06. The number of ketones is 2. The molecule has 0 saturated carbocycles. The van der Waals surface area contributed by atoms with Crippen LogP contribution in [0.2, 0.25) is 0 Å². The van der Waals surface area contributed by atoms with Gasteiger partial charge < -0.3 is 4.98 Å². The van der Waals surface area contributed by atoms with Crippen molar-refractivity contribution < 1.29 is 9.59 Å². The van der Waals surface area contributed by atoms with E-state index < -0.39 is 5.92 Å². The van der Waals surface area contributed by atoms with Crippen molar-refractivity contribution in [2.24, 2.45) is 5.92 Å². The third-order valence-electron chi connectivity index (χ3n) is 4.02. The van der Waals surface area contributed by atoms with Gasteiger partial charge >= 0.3 is 0 Å². The lowest BCUT2D eigenvalue weighted by atomic mass is 9.95. The number of fused-ring (bicyclic) bond motifs is 1. The molecular weight excluding hydrogens is 320 g/mol. The number of thiophene rings is 1. The van der Waals surface area contributed by atoms with Crippen molar-refractivity contribution in [1.82, 2.24) is 4.98 Å². The van der Waals surface area contributed by atoms with E-state index in [4.69, 9.17) is 0 Å². The van der Waals surface area contributed by atoms with E-state index in [0.717, 1.165) is 22.9 Å². The van der Waals surface area contributed by atoms with Crippen LogP contribution in [0.3, 0.4) is 0 Å². The Morgan fingerprint density at radius 1 is 1.21 bits per heavy atom. The monoisotopic (exact) mass is 336 g/mol. The van der Waals surface area contributed by atoms with Crippen molar-refractivity contribution in [1.29, 1.82) is 5.26 Å². The highest BCUT2D eigenvalue weighted by Crippen LogP contribution is 2.21. The Hall–Kier alpha value is -2.71. The number of hydrogen-bond donors (Lipinski definition) is 1. The molecular formula is C19H16N2O2S. The SMILES string of the molecule is N#CC(C(=O)CCCc1c[nH]c2ccccc12)C(=O)c1cccs1. The van der Waals surface area contributed by atoms with Crippen LogP contribution in [0.25, 0.3) is 10.9 Å². The number of nitrogens with one attached hydrogen (secondary N) is 1. The molecule has 4 nitrogen and oxygen atoms in total. The molecule has 1 unspecified atom stereocenters. The van der Waals surface area contributed by atoms with Crippen LogP contribution in [-0.4, -0.2) is 16.6 Å². The topological polar surface area (TPSA) is 73.7 Å². The van der Waals surface area contributed by atoms with Crippen molar-refractivity contribution in [2.45, 2.75) is 19.3 Å². The molecule has 0 fully saturated rings. The third kappa shape index (κ3) is 3.29. The molecule has 120 valence electrons. The van der Waals surface area contributed by atoms with Gasteiger partial charge in [0.1, 0.15) is 0 Å². The Bertz CT molecular complexity index is 903. The highest BCUT2D eigenvalue weighted by molar-refractivity contribution is 7.12. The molecule has 2 heterocycles. The van der Waals surface area contributed by atoms with Gasteiger partial charge in [-0.1, -0.05) is 24.3 Å². The molecule has 0 saturated heterocycles. The lowest BCUT2D eigenvalue weighted by Crippen LogP contribution is -2.22. The molecule has 24 heavy (non-hydrogen) atoms. The standard InChI is InChI=1S/C19H16N2O2S/c20-11-15(19(23)18-9-4-10-24-18)17(22)8-3-5-13-12-21-16-7-2-1-6-14(13)16/h1-2,4,6-7,9-10,12,15,21H,3,5,8H2. The molecule has 0 amide bonds. The molecule has 2 aromatic heterocycles. The minimum absolute atomic E-state index is 0.231. The first-order valence-electron chi connectivity index (χ1n) is 7.75. The minimum atomic E-state index is -1.19. The normalized spacial score (nSPS) is 12.0. The number of rotatable bonds is 7. The number of aryl methyl sites for hydroxylation is 1. The predicted molar refractivity (Wildman–Crippen MR) is 94.0 cm³/mol. The largest absolute Gasteiger partial charge is 0.361 e. The van der Waals surface area contributed by atoms with Gasteiger partial charge in [0, 0.05) is 23.5 Å². The van der Waals surface area contributed by atoms with Gasteiger partial charge in [-0.05, 0) is 35.9 Å².